The molecule has 0 saturated carbocycles. The fourth-order valence-electron chi connectivity index (χ4n) is 1.57. The van der Waals surface area contributed by atoms with Crippen molar-refractivity contribution in [2.24, 2.45) is 0 Å². The summed E-state index contributed by atoms with van der Waals surface area (Å²) in [4.78, 5) is 1.32. The Kier molecular flexibility index (Phi) is 2.74. The molecule has 2 rings (SSSR count). The zero-order chi connectivity index (χ0) is 9.31. The number of hydrogen-bond donors (Lipinski definition) is 1. The van der Waals surface area contributed by atoms with Gasteiger partial charge in [0, 0.05) is 11.5 Å². The molecule has 1 aliphatic rings. The van der Waals surface area contributed by atoms with Gasteiger partial charge in [0.1, 0.15) is 0 Å². The maximum Gasteiger partial charge on any atom is 0.0701 e. The van der Waals surface area contributed by atoms with E-state index < -0.39 is 0 Å². The molecule has 1 N–H and O–H groups in total. The summed E-state index contributed by atoms with van der Waals surface area (Å²) in [5.74, 6) is 0. The number of aliphatic hydroxyl groups excluding tert-OH is 1. The first-order valence-corrected chi connectivity index (χ1v) is 5.82. The maximum atomic E-state index is 8.97. The van der Waals surface area contributed by atoms with Crippen LogP contribution in [0.5, 0.6) is 0 Å². The van der Waals surface area contributed by atoms with E-state index in [0.717, 1.165) is 23.4 Å². The molecular weight excluding hydrogens is 252 g/mol. The molecule has 1 aromatic heterocycles. The minimum atomic E-state index is 0.103. The van der Waals surface area contributed by atoms with Crippen LogP contribution < -0.4 is 0 Å². The molecule has 1 aromatic rings. The highest BCUT2D eigenvalue weighted by Crippen LogP contribution is 2.40. The number of hydrogen-bond acceptors (Lipinski definition) is 3. The monoisotopic (exact) mass is 262 g/mol. The van der Waals surface area contributed by atoms with Crippen LogP contribution in [0, 0.1) is 0 Å². The van der Waals surface area contributed by atoms with Crippen molar-refractivity contribution in [3.8, 4) is 0 Å². The summed E-state index contributed by atoms with van der Waals surface area (Å²) in [6.45, 7) is 1.74. The van der Waals surface area contributed by atoms with Crippen LogP contribution in [0.15, 0.2) is 15.9 Å². The van der Waals surface area contributed by atoms with Crippen molar-refractivity contribution in [2.75, 3.05) is 19.8 Å². The molecule has 0 unspecified atom stereocenters. The zero-order valence-electron chi connectivity index (χ0n) is 7.12. The lowest BCUT2D eigenvalue weighted by Crippen LogP contribution is -2.46. The Labute approximate surface area is 89.7 Å². The SMILES string of the molecule is OCCC1(c2ccc(Br)s2)COC1. The highest BCUT2D eigenvalue weighted by molar-refractivity contribution is 9.11. The first kappa shape index (κ1) is 9.65. The van der Waals surface area contributed by atoms with Crippen molar-refractivity contribution in [3.63, 3.8) is 0 Å². The normalized spacial score (nSPS) is 19.8. The zero-order valence-corrected chi connectivity index (χ0v) is 9.53. The van der Waals surface area contributed by atoms with Crippen molar-refractivity contribution >= 4 is 27.3 Å². The predicted octanol–water partition coefficient (Wildman–Crippen LogP) is 2.16. The van der Waals surface area contributed by atoms with Gasteiger partial charge in [0.15, 0.2) is 0 Å². The molecule has 2 heterocycles. The largest absolute Gasteiger partial charge is 0.396 e. The van der Waals surface area contributed by atoms with Crippen LogP contribution >= 0.6 is 27.3 Å². The molecule has 2 nitrogen and oxygen atoms in total. The van der Waals surface area contributed by atoms with Gasteiger partial charge in [-0.2, -0.15) is 0 Å². The van der Waals surface area contributed by atoms with Crippen LogP contribution in [-0.4, -0.2) is 24.9 Å². The van der Waals surface area contributed by atoms with Gasteiger partial charge in [-0.15, -0.1) is 11.3 Å². The van der Waals surface area contributed by atoms with E-state index >= 15 is 0 Å². The Morgan fingerprint density at radius 1 is 1.54 bits per heavy atom. The molecule has 0 aliphatic carbocycles. The fourth-order valence-corrected chi connectivity index (χ4v) is 3.15. The summed E-state index contributed by atoms with van der Waals surface area (Å²) < 4.78 is 6.38. The molecule has 0 radical (unpaired) electrons. The summed E-state index contributed by atoms with van der Waals surface area (Å²) in [5.41, 5.74) is 0.103. The lowest BCUT2D eigenvalue weighted by molar-refractivity contribution is -0.0682. The molecule has 1 saturated heterocycles. The van der Waals surface area contributed by atoms with Gasteiger partial charge in [-0.3, -0.25) is 0 Å². The average molecular weight is 263 g/mol. The van der Waals surface area contributed by atoms with E-state index in [-0.39, 0.29) is 12.0 Å². The number of thiophene rings is 1. The van der Waals surface area contributed by atoms with Gasteiger partial charge >= 0.3 is 0 Å². The third-order valence-corrected chi connectivity index (χ3v) is 4.31. The van der Waals surface area contributed by atoms with Gasteiger partial charge in [0.05, 0.1) is 22.4 Å². The van der Waals surface area contributed by atoms with Gasteiger partial charge in [0.25, 0.3) is 0 Å². The van der Waals surface area contributed by atoms with E-state index in [1.54, 1.807) is 11.3 Å². The van der Waals surface area contributed by atoms with Crippen LogP contribution in [0.4, 0.5) is 0 Å². The van der Waals surface area contributed by atoms with Crippen molar-refractivity contribution in [2.45, 2.75) is 11.8 Å². The molecule has 0 aromatic carbocycles. The quantitative estimate of drug-likeness (QED) is 0.905. The smallest absolute Gasteiger partial charge is 0.0701 e. The third kappa shape index (κ3) is 1.68. The first-order chi connectivity index (χ1) is 6.27. The standard InChI is InChI=1S/C9H11BrO2S/c10-8-2-1-7(13-8)9(3-4-11)5-12-6-9/h1-2,11H,3-6H2. The predicted molar refractivity (Wildman–Crippen MR) is 56.2 cm³/mol. The van der Waals surface area contributed by atoms with Crippen molar-refractivity contribution in [3.05, 3.63) is 20.8 Å². The lowest BCUT2D eigenvalue weighted by atomic mass is 9.81. The van der Waals surface area contributed by atoms with Gasteiger partial charge in [-0.1, -0.05) is 0 Å². The maximum absolute atomic E-state index is 8.97. The Balaban J connectivity index is 2.21. The molecule has 13 heavy (non-hydrogen) atoms. The summed E-state index contributed by atoms with van der Waals surface area (Å²) in [6, 6.07) is 4.17. The van der Waals surface area contributed by atoms with E-state index in [1.165, 1.54) is 4.88 Å². The fraction of sp³-hybridized carbons (Fsp3) is 0.556. The Hall–Kier alpha value is 0.1000. The molecule has 0 atom stereocenters. The van der Waals surface area contributed by atoms with Crippen LogP contribution in [0.25, 0.3) is 0 Å². The van der Waals surface area contributed by atoms with Gasteiger partial charge < -0.3 is 9.84 Å². The Bertz CT molecular complexity index is 294. The number of halogens is 1. The number of rotatable bonds is 3. The van der Waals surface area contributed by atoms with Gasteiger partial charge in [-0.05, 0) is 34.5 Å². The molecule has 1 aliphatic heterocycles. The highest BCUT2D eigenvalue weighted by Gasteiger charge is 2.40. The molecule has 0 amide bonds. The molecule has 72 valence electrons. The second kappa shape index (κ2) is 3.69. The van der Waals surface area contributed by atoms with E-state index in [9.17, 15) is 0 Å². The van der Waals surface area contributed by atoms with Crippen LogP contribution in [-0.2, 0) is 10.2 Å². The third-order valence-electron chi connectivity index (χ3n) is 2.44. The van der Waals surface area contributed by atoms with E-state index in [0.29, 0.717) is 0 Å². The van der Waals surface area contributed by atoms with Gasteiger partial charge in [0.2, 0.25) is 0 Å². The van der Waals surface area contributed by atoms with E-state index in [4.69, 9.17) is 9.84 Å². The van der Waals surface area contributed by atoms with Crippen molar-refractivity contribution in [1.82, 2.24) is 0 Å². The lowest BCUT2D eigenvalue weighted by Gasteiger charge is -2.40. The molecule has 0 spiro atoms. The minimum Gasteiger partial charge on any atom is -0.396 e. The second-order valence-electron chi connectivity index (χ2n) is 3.35. The number of aliphatic hydroxyl groups is 1. The van der Waals surface area contributed by atoms with Crippen LogP contribution in [0.3, 0.4) is 0 Å². The van der Waals surface area contributed by atoms with Crippen LogP contribution in [0.1, 0.15) is 11.3 Å². The Morgan fingerprint density at radius 3 is 2.69 bits per heavy atom. The molecular formula is C9H11BrO2S. The van der Waals surface area contributed by atoms with Crippen LogP contribution in [0.2, 0.25) is 0 Å². The molecule has 0 bridgehead atoms. The first-order valence-electron chi connectivity index (χ1n) is 4.21. The second-order valence-corrected chi connectivity index (χ2v) is 5.81. The van der Waals surface area contributed by atoms with E-state index in [2.05, 4.69) is 28.1 Å². The summed E-state index contributed by atoms with van der Waals surface area (Å²) >= 11 is 5.18. The van der Waals surface area contributed by atoms with Gasteiger partial charge in [-0.25, -0.2) is 0 Å². The summed E-state index contributed by atoms with van der Waals surface area (Å²) in [7, 11) is 0. The van der Waals surface area contributed by atoms with Crippen molar-refractivity contribution in [1.29, 1.82) is 0 Å². The van der Waals surface area contributed by atoms with Crippen molar-refractivity contribution < 1.29 is 9.84 Å². The van der Waals surface area contributed by atoms with E-state index in [1.807, 2.05) is 0 Å². The number of ether oxygens (including phenoxy) is 1. The summed E-state index contributed by atoms with van der Waals surface area (Å²) in [6.07, 6.45) is 0.806. The highest BCUT2D eigenvalue weighted by atomic mass is 79.9. The molecule has 4 heteroatoms. The Morgan fingerprint density at radius 2 is 2.31 bits per heavy atom. The topological polar surface area (TPSA) is 29.5 Å². The molecule has 1 fully saturated rings. The summed E-state index contributed by atoms with van der Waals surface area (Å²) in [5, 5.41) is 8.97. The minimum absolute atomic E-state index is 0.103. The average Bonchev–Trinajstić information content (AvgIpc) is 2.44.